The van der Waals surface area contributed by atoms with Crippen molar-refractivity contribution in [1.29, 1.82) is 0 Å². The number of hydrogen-bond donors (Lipinski definition) is 1. The van der Waals surface area contributed by atoms with Crippen LogP contribution in [0.3, 0.4) is 0 Å². The Morgan fingerprint density at radius 2 is 2.42 bits per heavy atom. The quantitative estimate of drug-likeness (QED) is 0.403. The van der Waals surface area contributed by atoms with Crippen LogP contribution in [0.1, 0.15) is 32.6 Å². The van der Waals surface area contributed by atoms with E-state index >= 15 is 0 Å². The van der Waals surface area contributed by atoms with Gasteiger partial charge in [-0.25, -0.2) is 0 Å². The first-order chi connectivity index (χ1) is 5.70. The smallest absolute Gasteiger partial charge is 0.217 e. The monoisotopic (exact) mass is 204 g/mol. The van der Waals surface area contributed by atoms with Gasteiger partial charge >= 0.3 is 0 Å². The fraction of sp³-hybridized carbons (Fsp3) is 0.667. The minimum Gasteiger partial charge on any atom is -0.475 e. The molecule has 0 aromatic rings. The molecule has 0 aliphatic rings. The molecule has 0 amide bonds. The van der Waals surface area contributed by atoms with Crippen LogP contribution in [0.2, 0.25) is 0 Å². The zero-order valence-corrected chi connectivity index (χ0v) is 9.16. The highest BCUT2D eigenvalue weighted by atomic mass is 32.1. The van der Waals surface area contributed by atoms with Crippen LogP contribution in [0, 0.1) is 0 Å². The van der Waals surface area contributed by atoms with E-state index in [0.29, 0.717) is 4.38 Å². The first-order valence-corrected chi connectivity index (χ1v) is 5.06. The number of rotatable bonds is 6. The van der Waals surface area contributed by atoms with Gasteiger partial charge in [0.25, 0.3) is 0 Å². The predicted octanol–water partition coefficient (Wildman–Crippen LogP) is 3.35. The normalized spacial score (nSPS) is 12.2. The summed E-state index contributed by atoms with van der Waals surface area (Å²) in [5, 5.41) is 0. The molecule has 12 heavy (non-hydrogen) atoms. The summed E-state index contributed by atoms with van der Waals surface area (Å²) in [6.07, 6.45) is 6.24. The lowest BCUT2D eigenvalue weighted by molar-refractivity contribution is 0.190. The molecule has 0 saturated carbocycles. The zero-order chi connectivity index (χ0) is 9.40. The van der Waals surface area contributed by atoms with Crippen molar-refractivity contribution in [1.82, 2.24) is 0 Å². The molecule has 0 radical (unpaired) electrons. The van der Waals surface area contributed by atoms with Crippen LogP contribution in [0.25, 0.3) is 0 Å². The van der Waals surface area contributed by atoms with Crippen molar-refractivity contribution in [3.8, 4) is 0 Å². The van der Waals surface area contributed by atoms with E-state index in [1.54, 1.807) is 0 Å². The highest BCUT2D eigenvalue weighted by Crippen LogP contribution is 2.10. The molecule has 0 fully saturated rings. The molecule has 0 aliphatic heterocycles. The standard InChI is InChI=1S/C9H16OS2/c1-3-5-7-8(6-4-2)10-9(11)12/h4,8H,2-3,5-7H2,1H3,(H,11,12). The van der Waals surface area contributed by atoms with Crippen molar-refractivity contribution in [3.05, 3.63) is 12.7 Å². The lowest BCUT2D eigenvalue weighted by Crippen LogP contribution is -2.13. The van der Waals surface area contributed by atoms with Gasteiger partial charge in [0.1, 0.15) is 6.10 Å². The van der Waals surface area contributed by atoms with Crippen LogP contribution in [-0.4, -0.2) is 10.5 Å². The Balaban J connectivity index is 3.68. The Kier molecular flexibility index (Phi) is 7.61. The van der Waals surface area contributed by atoms with E-state index in [-0.39, 0.29) is 6.10 Å². The molecule has 0 N–H and O–H groups in total. The fourth-order valence-electron chi connectivity index (χ4n) is 0.985. The number of unbranched alkanes of at least 4 members (excludes halogenated alkanes) is 1. The summed E-state index contributed by atoms with van der Waals surface area (Å²) in [6.45, 7) is 5.82. The van der Waals surface area contributed by atoms with E-state index in [1.807, 2.05) is 6.08 Å². The number of hydrogen-bond acceptors (Lipinski definition) is 2. The van der Waals surface area contributed by atoms with Gasteiger partial charge in [-0.1, -0.05) is 38.5 Å². The van der Waals surface area contributed by atoms with Crippen LogP contribution < -0.4 is 0 Å². The lowest BCUT2D eigenvalue weighted by Gasteiger charge is -2.15. The second kappa shape index (κ2) is 7.62. The minimum absolute atomic E-state index is 0.174. The molecule has 1 nitrogen and oxygen atoms in total. The van der Waals surface area contributed by atoms with Crippen LogP contribution in [0.5, 0.6) is 0 Å². The molecule has 0 saturated heterocycles. The molecule has 0 aromatic carbocycles. The van der Waals surface area contributed by atoms with Crippen molar-refractivity contribution < 1.29 is 4.74 Å². The first-order valence-electron chi connectivity index (χ1n) is 4.21. The number of thiol groups is 1. The van der Waals surface area contributed by atoms with Crippen LogP contribution in [-0.2, 0) is 4.74 Å². The van der Waals surface area contributed by atoms with Crippen molar-refractivity contribution in [2.24, 2.45) is 0 Å². The summed E-state index contributed by atoms with van der Waals surface area (Å²) in [5.41, 5.74) is 0. The molecule has 0 spiro atoms. The van der Waals surface area contributed by atoms with E-state index in [4.69, 9.17) is 17.0 Å². The van der Waals surface area contributed by atoms with Gasteiger partial charge in [-0.05, 0) is 18.6 Å². The number of ether oxygens (including phenoxy) is 1. The summed E-state index contributed by atoms with van der Waals surface area (Å²) in [6, 6.07) is 0. The molecule has 0 aromatic heterocycles. The first kappa shape index (κ1) is 12.0. The Morgan fingerprint density at radius 1 is 1.75 bits per heavy atom. The topological polar surface area (TPSA) is 9.23 Å². The van der Waals surface area contributed by atoms with Crippen LogP contribution in [0.15, 0.2) is 12.7 Å². The maximum atomic E-state index is 5.32. The highest BCUT2D eigenvalue weighted by Gasteiger charge is 2.07. The van der Waals surface area contributed by atoms with E-state index in [9.17, 15) is 0 Å². The van der Waals surface area contributed by atoms with Gasteiger partial charge in [-0.2, -0.15) is 0 Å². The third kappa shape index (κ3) is 6.68. The average molecular weight is 204 g/mol. The summed E-state index contributed by atoms with van der Waals surface area (Å²) in [4.78, 5) is 0. The Bertz CT molecular complexity index is 145. The summed E-state index contributed by atoms with van der Waals surface area (Å²) < 4.78 is 5.65. The second-order valence-corrected chi connectivity index (χ2v) is 3.75. The Morgan fingerprint density at radius 3 is 2.83 bits per heavy atom. The van der Waals surface area contributed by atoms with Gasteiger partial charge in [0.15, 0.2) is 0 Å². The molecular formula is C9H16OS2. The maximum Gasteiger partial charge on any atom is 0.217 e. The average Bonchev–Trinajstić information content (AvgIpc) is 2.00. The largest absolute Gasteiger partial charge is 0.475 e. The molecule has 0 bridgehead atoms. The summed E-state index contributed by atoms with van der Waals surface area (Å²) in [7, 11) is 0. The van der Waals surface area contributed by atoms with Gasteiger partial charge in [0.2, 0.25) is 4.38 Å². The van der Waals surface area contributed by atoms with Gasteiger partial charge in [-0.3, -0.25) is 0 Å². The van der Waals surface area contributed by atoms with Gasteiger partial charge in [-0.15, -0.1) is 6.58 Å². The number of thiocarbonyl (C=S) groups is 1. The third-order valence-electron chi connectivity index (χ3n) is 1.58. The Labute approximate surface area is 85.6 Å². The third-order valence-corrected chi connectivity index (χ3v) is 1.78. The predicted molar refractivity (Wildman–Crippen MR) is 60.8 cm³/mol. The van der Waals surface area contributed by atoms with Crippen LogP contribution >= 0.6 is 24.8 Å². The van der Waals surface area contributed by atoms with Gasteiger partial charge in [0, 0.05) is 6.42 Å². The molecule has 0 rings (SSSR count). The minimum atomic E-state index is 0.174. The SMILES string of the molecule is C=CCC(CCCC)OC(=S)S. The molecule has 1 atom stereocenters. The van der Waals surface area contributed by atoms with E-state index in [1.165, 1.54) is 6.42 Å². The van der Waals surface area contributed by atoms with Gasteiger partial charge in [0.05, 0.1) is 0 Å². The second-order valence-electron chi connectivity index (χ2n) is 2.67. The van der Waals surface area contributed by atoms with Gasteiger partial charge < -0.3 is 4.74 Å². The fourth-order valence-corrected chi connectivity index (χ4v) is 1.27. The molecule has 3 heteroatoms. The molecule has 1 unspecified atom stereocenters. The van der Waals surface area contributed by atoms with E-state index in [0.717, 1.165) is 19.3 Å². The van der Waals surface area contributed by atoms with Crippen molar-refractivity contribution in [2.75, 3.05) is 0 Å². The van der Waals surface area contributed by atoms with Crippen molar-refractivity contribution in [2.45, 2.75) is 38.7 Å². The molecule has 0 heterocycles. The molecular weight excluding hydrogens is 188 g/mol. The van der Waals surface area contributed by atoms with Crippen LogP contribution in [0.4, 0.5) is 0 Å². The zero-order valence-electron chi connectivity index (χ0n) is 7.45. The van der Waals surface area contributed by atoms with Crippen molar-refractivity contribution >= 4 is 29.2 Å². The highest BCUT2D eigenvalue weighted by molar-refractivity contribution is 8.10. The lowest BCUT2D eigenvalue weighted by atomic mass is 10.1. The molecule has 0 aliphatic carbocycles. The van der Waals surface area contributed by atoms with Crippen molar-refractivity contribution in [3.63, 3.8) is 0 Å². The van der Waals surface area contributed by atoms with E-state index < -0.39 is 0 Å². The van der Waals surface area contributed by atoms with E-state index in [2.05, 4.69) is 26.1 Å². The maximum absolute atomic E-state index is 5.32. The Hall–Kier alpha value is -0.0200. The summed E-state index contributed by atoms with van der Waals surface area (Å²) in [5.74, 6) is 0. The molecule has 70 valence electrons. The summed E-state index contributed by atoms with van der Waals surface area (Å²) >= 11 is 8.67.